The number of fused-ring (bicyclic) bond motifs is 4. The van der Waals surface area contributed by atoms with Crippen LogP contribution >= 0.6 is 0 Å². The molecule has 4 aliphatic rings. The summed E-state index contributed by atoms with van der Waals surface area (Å²) in [6.07, 6.45) is 4.63. The van der Waals surface area contributed by atoms with Gasteiger partial charge in [0.15, 0.2) is 0 Å². The molecule has 6 atom stereocenters. The molecular weight excluding hydrogens is 679 g/mol. The van der Waals surface area contributed by atoms with E-state index in [9.17, 15) is 24.3 Å². The lowest BCUT2D eigenvalue weighted by molar-refractivity contribution is -0.131. The van der Waals surface area contributed by atoms with Gasteiger partial charge in [0.2, 0.25) is 23.6 Å². The summed E-state index contributed by atoms with van der Waals surface area (Å²) in [5.74, 6) is -4.64. The Bertz CT molecular complexity index is 2250. The van der Waals surface area contributed by atoms with Gasteiger partial charge in [-0.2, -0.15) is 10.2 Å². The zero-order valence-electron chi connectivity index (χ0n) is 30.4. The summed E-state index contributed by atoms with van der Waals surface area (Å²) in [6, 6.07) is 28.9. The van der Waals surface area contributed by atoms with Gasteiger partial charge in [-0.05, 0) is 98.3 Å². The highest BCUT2D eigenvalue weighted by atomic mass is 16.3. The van der Waals surface area contributed by atoms with Crippen molar-refractivity contribution in [2.75, 3.05) is 28.8 Å². The maximum atomic E-state index is 14.7. The van der Waals surface area contributed by atoms with Gasteiger partial charge in [0.05, 0.1) is 45.9 Å². The summed E-state index contributed by atoms with van der Waals surface area (Å²) in [5, 5.41) is 20.4. The number of phenols is 1. The standard InChI is InChI=1S/C44H41N5O5/c1-5-10-26-11-9-14-34(39(26)50)38-32-23-24-33-37(35(32)25-36-41(52)49(43(54)44(36,38)2)30-12-7-6-8-13-30)42(53)48(40(33)51)31-21-17-28(18-22-31)46-45-27-15-19-29(20-16-27)47(3)4/h5-9,11-23,33,35-38,50H,1,10,24-25H2,2-4H3/t33-,35+,36-,37-,38+,44+/m0/s1. The summed E-state index contributed by atoms with van der Waals surface area (Å²) >= 11 is 0. The summed E-state index contributed by atoms with van der Waals surface area (Å²) in [7, 11) is 3.93. The van der Waals surface area contributed by atoms with Gasteiger partial charge in [0, 0.05) is 31.3 Å². The highest BCUT2D eigenvalue weighted by Gasteiger charge is 2.68. The predicted octanol–water partition coefficient (Wildman–Crippen LogP) is 8.04. The summed E-state index contributed by atoms with van der Waals surface area (Å²) in [6.45, 7) is 5.66. The Morgan fingerprint density at radius 2 is 1.44 bits per heavy atom. The number of azo groups is 1. The zero-order valence-corrected chi connectivity index (χ0v) is 30.4. The van der Waals surface area contributed by atoms with Gasteiger partial charge in [-0.15, -0.1) is 6.58 Å². The first-order chi connectivity index (χ1) is 26.0. The molecule has 0 bridgehead atoms. The molecule has 8 rings (SSSR count). The van der Waals surface area contributed by atoms with E-state index < -0.39 is 35.0 Å². The van der Waals surface area contributed by atoms with E-state index in [0.29, 0.717) is 46.7 Å². The molecule has 0 unspecified atom stereocenters. The number of rotatable bonds is 8. The number of benzene rings is 4. The molecule has 4 aromatic carbocycles. The SMILES string of the molecule is C=CCc1cccc([C@H]2C3=CC[C@@H]4C(=O)N(c5ccc(N=Nc6ccc(N(C)C)cc6)cc5)C(=O)[C@@H]4[C@@H]3C[C@H]3C(=O)N(c4ccccc4)C(=O)[C@@]23C)c1O. The minimum atomic E-state index is -1.25. The Morgan fingerprint density at radius 1 is 0.796 bits per heavy atom. The normalized spacial score (nSPS) is 26.1. The third kappa shape index (κ3) is 5.38. The molecule has 1 saturated carbocycles. The second-order valence-corrected chi connectivity index (χ2v) is 15.0. The van der Waals surface area contributed by atoms with Crippen LogP contribution in [0.3, 0.4) is 0 Å². The van der Waals surface area contributed by atoms with Gasteiger partial charge in [0.1, 0.15) is 5.75 Å². The Kier molecular flexibility index (Phi) is 8.63. The maximum Gasteiger partial charge on any atom is 0.241 e. The van der Waals surface area contributed by atoms with Gasteiger partial charge in [-0.25, -0.2) is 4.90 Å². The van der Waals surface area contributed by atoms with E-state index in [1.807, 2.05) is 74.5 Å². The number of nitrogens with zero attached hydrogens (tertiary/aromatic N) is 5. The van der Waals surface area contributed by atoms with Gasteiger partial charge >= 0.3 is 0 Å². The molecule has 1 N–H and O–H groups in total. The second-order valence-electron chi connectivity index (χ2n) is 15.0. The van der Waals surface area contributed by atoms with Crippen LogP contribution in [0.5, 0.6) is 5.75 Å². The van der Waals surface area contributed by atoms with Crippen LogP contribution < -0.4 is 14.7 Å². The molecular formula is C44H41N5O5. The number of carbonyl (C=O) groups is 4. The molecule has 2 heterocycles. The first kappa shape index (κ1) is 34.9. The number of anilines is 3. The molecule has 4 aromatic rings. The van der Waals surface area contributed by atoms with E-state index in [2.05, 4.69) is 16.8 Å². The number of hydrogen-bond acceptors (Lipinski definition) is 8. The van der Waals surface area contributed by atoms with Crippen molar-refractivity contribution >= 4 is 52.1 Å². The van der Waals surface area contributed by atoms with E-state index in [4.69, 9.17) is 0 Å². The van der Waals surface area contributed by atoms with E-state index in [1.165, 1.54) is 9.80 Å². The lowest BCUT2D eigenvalue weighted by atomic mass is 9.51. The highest BCUT2D eigenvalue weighted by molar-refractivity contribution is 6.25. The third-order valence-electron chi connectivity index (χ3n) is 11.9. The van der Waals surface area contributed by atoms with Crippen molar-refractivity contribution in [2.24, 2.45) is 39.3 Å². The zero-order chi connectivity index (χ0) is 37.9. The summed E-state index contributed by atoms with van der Waals surface area (Å²) < 4.78 is 0. The van der Waals surface area contributed by atoms with Crippen molar-refractivity contribution in [2.45, 2.75) is 32.1 Å². The molecule has 54 heavy (non-hydrogen) atoms. The van der Waals surface area contributed by atoms with Crippen molar-refractivity contribution in [3.63, 3.8) is 0 Å². The molecule has 0 radical (unpaired) electrons. The number of phenolic OH excluding ortho intramolecular Hbond substituents is 1. The average molecular weight is 720 g/mol. The Hall–Kier alpha value is -6.16. The number of aromatic hydroxyl groups is 1. The molecule has 2 aliphatic heterocycles. The molecule has 2 aliphatic carbocycles. The van der Waals surface area contributed by atoms with Gasteiger partial charge < -0.3 is 10.0 Å². The fourth-order valence-electron chi connectivity index (χ4n) is 9.20. The second kappa shape index (κ2) is 13.4. The average Bonchev–Trinajstić information content (AvgIpc) is 3.55. The monoisotopic (exact) mass is 719 g/mol. The molecule has 3 fully saturated rings. The topological polar surface area (TPSA) is 123 Å². The minimum absolute atomic E-state index is 0.0442. The Balaban J connectivity index is 1.14. The van der Waals surface area contributed by atoms with Gasteiger partial charge in [-0.1, -0.05) is 54.1 Å². The highest BCUT2D eigenvalue weighted by Crippen LogP contribution is 2.64. The van der Waals surface area contributed by atoms with Crippen LogP contribution in [-0.2, 0) is 25.6 Å². The van der Waals surface area contributed by atoms with Gasteiger partial charge in [0.25, 0.3) is 0 Å². The largest absolute Gasteiger partial charge is 0.507 e. The number of amides is 4. The van der Waals surface area contributed by atoms with Gasteiger partial charge in [-0.3, -0.25) is 24.1 Å². The number of hydrogen-bond donors (Lipinski definition) is 1. The van der Waals surface area contributed by atoms with Crippen LogP contribution in [-0.4, -0.2) is 42.8 Å². The number of para-hydroxylation sites is 2. The first-order valence-electron chi connectivity index (χ1n) is 18.3. The molecule has 272 valence electrons. The van der Waals surface area contributed by atoms with Crippen LogP contribution in [0.4, 0.5) is 28.4 Å². The lowest BCUT2D eigenvalue weighted by Gasteiger charge is -2.49. The van der Waals surface area contributed by atoms with Crippen molar-refractivity contribution in [1.82, 2.24) is 0 Å². The van der Waals surface area contributed by atoms with Crippen LogP contribution in [0.2, 0.25) is 0 Å². The first-order valence-corrected chi connectivity index (χ1v) is 18.3. The van der Waals surface area contributed by atoms with Crippen LogP contribution in [0, 0.1) is 29.1 Å². The van der Waals surface area contributed by atoms with Crippen LogP contribution in [0.25, 0.3) is 0 Å². The van der Waals surface area contributed by atoms with E-state index in [1.54, 1.807) is 60.7 Å². The molecule has 2 saturated heterocycles. The molecule has 10 nitrogen and oxygen atoms in total. The number of imide groups is 2. The smallest absolute Gasteiger partial charge is 0.241 e. The summed E-state index contributed by atoms with van der Waals surface area (Å²) in [4.78, 5) is 62.3. The van der Waals surface area contributed by atoms with Crippen molar-refractivity contribution in [3.8, 4) is 5.75 Å². The van der Waals surface area contributed by atoms with Crippen molar-refractivity contribution in [3.05, 3.63) is 132 Å². The van der Waals surface area contributed by atoms with Crippen molar-refractivity contribution in [1.29, 1.82) is 0 Å². The lowest BCUT2D eigenvalue weighted by Crippen LogP contribution is -2.49. The third-order valence-corrected chi connectivity index (χ3v) is 11.9. The Labute approximate surface area is 314 Å². The van der Waals surface area contributed by atoms with Crippen LogP contribution in [0.15, 0.2) is 132 Å². The molecule has 4 amide bonds. The maximum absolute atomic E-state index is 14.7. The molecule has 0 aromatic heterocycles. The number of allylic oxidation sites excluding steroid dienone is 3. The fraction of sp³-hybridized carbons (Fsp3) is 0.273. The molecule has 0 spiro atoms. The fourth-order valence-corrected chi connectivity index (χ4v) is 9.20. The molecule has 10 heteroatoms. The Morgan fingerprint density at radius 3 is 2.09 bits per heavy atom. The van der Waals surface area contributed by atoms with Crippen LogP contribution in [0.1, 0.15) is 36.8 Å². The minimum Gasteiger partial charge on any atom is -0.507 e. The van der Waals surface area contributed by atoms with E-state index in [-0.39, 0.29) is 35.8 Å². The number of carbonyl (C=O) groups excluding carboxylic acids is 4. The predicted molar refractivity (Wildman–Crippen MR) is 207 cm³/mol. The van der Waals surface area contributed by atoms with E-state index >= 15 is 0 Å². The van der Waals surface area contributed by atoms with Crippen molar-refractivity contribution < 1.29 is 24.3 Å². The quantitative estimate of drug-likeness (QED) is 0.112. The van der Waals surface area contributed by atoms with E-state index in [0.717, 1.165) is 11.3 Å². The summed E-state index contributed by atoms with van der Waals surface area (Å²) in [5.41, 5.74) is 3.96.